The van der Waals surface area contributed by atoms with Crippen LogP contribution in [0.25, 0.3) is 0 Å². The quantitative estimate of drug-likeness (QED) is 0.375. The van der Waals surface area contributed by atoms with E-state index < -0.39 is 11.9 Å². The lowest BCUT2D eigenvalue weighted by Crippen LogP contribution is -2.30. The Balaban J connectivity index is 3.16. The molecule has 0 aliphatic rings. The highest BCUT2D eigenvalue weighted by Crippen LogP contribution is 2.31. The van der Waals surface area contributed by atoms with Crippen LogP contribution in [0.2, 0.25) is 0 Å². The summed E-state index contributed by atoms with van der Waals surface area (Å²) in [5.74, 6) is -0.955. The molecule has 0 saturated carbocycles. The van der Waals surface area contributed by atoms with Crippen LogP contribution in [-0.4, -0.2) is 18.4 Å². The van der Waals surface area contributed by atoms with Crippen LogP contribution in [0.15, 0.2) is 12.1 Å². The number of hydrogen-bond donors (Lipinski definition) is 0. The van der Waals surface area contributed by atoms with Gasteiger partial charge in [-0.1, -0.05) is 45.4 Å². The second-order valence-electron chi connectivity index (χ2n) is 8.55. The van der Waals surface area contributed by atoms with Gasteiger partial charge in [0.1, 0.15) is 5.92 Å². The summed E-state index contributed by atoms with van der Waals surface area (Å²) in [6.45, 7) is 16.6. The predicted octanol–water partition coefficient (Wildman–Crippen LogP) is 5.44. The van der Waals surface area contributed by atoms with Crippen molar-refractivity contribution in [2.75, 3.05) is 6.61 Å². The molecule has 3 nitrogen and oxygen atoms in total. The van der Waals surface area contributed by atoms with Crippen LogP contribution in [0.4, 0.5) is 0 Å². The Bertz CT molecular complexity index is 600. The zero-order valence-electron chi connectivity index (χ0n) is 17.2. The van der Waals surface area contributed by atoms with Gasteiger partial charge in [-0.3, -0.25) is 9.59 Å². The first-order valence-electron chi connectivity index (χ1n) is 9.25. The first-order valence-corrected chi connectivity index (χ1v) is 9.25. The van der Waals surface area contributed by atoms with Crippen molar-refractivity contribution >= 4 is 11.8 Å². The molecule has 0 fully saturated rings. The van der Waals surface area contributed by atoms with Gasteiger partial charge in [-0.25, -0.2) is 0 Å². The smallest absolute Gasteiger partial charge is 0.316 e. The molecule has 3 heteroatoms. The molecular weight excluding hydrogens is 312 g/mol. The van der Waals surface area contributed by atoms with E-state index in [1.54, 1.807) is 6.92 Å². The molecule has 0 aromatic heterocycles. The van der Waals surface area contributed by atoms with Gasteiger partial charge in [0.05, 0.1) is 6.61 Å². The van der Waals surface area contributed by atoms with Crippen molar-refractivity contribution in [1.82, 2.24) is 0 Å². The van der Waals surface area contributed by atoms with Crippen LogP contribution >= 0.6 is 0 Å². The molecule has 0 aliphatic carbocycles. The van der Waals surface area contributed by atoms with Gasteiger partial charge in [0.25, 0.3) is 0 Å². The van der Waals surface area contributed by atoms with Crippen LogP contribution in [0.3, 0.4) is 0 Å². The molecule has 0 spiro atoms. The Hall–Kier alpha value is -1.64. The number of carbonyl (C=O) groups is 2. The first kappa shape index (κ1) is 21.4. The summed E-state index contributed by atoms with van der Waals surface area (Å²) in [6.07, 6.45) is 1.49. The molecular formula is C22H34O3. The third-order valence-electron chi connectivity index (χ3n) is 4.41. The molecule has 0 heterocycles. The van der Waals surface area contributed by atoms with Crippen molar-refractivity contribution < 1.29 is 14.3 Å². The summed E-state index contributed by atoms with van der Waals surface area (Å²) in [5, 5.41) is 0. The van der Waals surface area contributed by atoms with Crippen LogP contribution in [0, 0.1) is 38.0 Å². The van der Waals surface area contributed by atoms with Gasteiger partial charge >= 0.3 is 5.97 Å². The second kappa shape index (κ2) is 8.64. The Kier molecular flexibility index (Phi) is 7.40. The summed E-state index contributed by atoms with van der Waals surface area (Å²) >= 11 is 0. The maximum Gasteiger partial charge on any atom is 0.316 e. The maximum atomic E-state index is 13.2. The number of ether oxygens (including phenoxy) is 1. The van der Waals surface area contributed by atoms with Gasteiger partial charge in [-0.2, -0.15) is 0 Å². The van der Waals surface area contributed by atoms with E-state index in [9.17, 15) is 9.59 Å². The van der Waals surface area contributed by atoms with E-state index in [1.165, 1.54) is 0 Å². The number of rotatable bonds is 7. The minimum absolute atomic E-state index is 0.103. The van der Waals surface area contributed by atoms with Crippen LogP contribution in [0.1, 0.15) is 74.5 Å². The molecule has 0 radical (unpaired) electrons. The Morgan fingerprint density at radius 3 is 2.04 bits per heavy atom. The molecule has 1 aromatic carbocycles. The van der Waals surface area contributed by atoms with Crippen molar-refractivity contribution in [2.24, 2.45) is 17.3 Å². The van der Waals surface area contributed by atoms with Gasteiger partial charge < -0.3 is 4.74 Å². The van der Waals surface area contributed by atoms with Crippen molar-refractivity contribution in [3.05, 3.63) is 34.4 Å². The lowest BCUT2D eigenvalue weighted by Gasteiger charge is -2.26. The van der Waals surface area contributed by atoms with E-state index in [-0.39, 0.29) is 17.1 Å². The van der Waals surface area contributed by atoms with Crippen molar-refractivity contribution in [1.29, 1.82) is 0 Å². The van der Waals surface area contributed by atoms with E-state index in [4.69, 9.17) is 4.74 Å². The molecule has 1 rings (SSSR count). The molecule has 2 atom stereocenters. The van der Waals surface area contributed by atoms with Gasteiger partial charge in [0, 0.05) is 5.56 Å². The van der Waals surface area contributed by atoms with Gasteiger partial charge in [-0.05, 0) is 63.0 Å². The molecule has 140 valence electrons. The van der Waals surface area contributed by atoms with Crippen LogP contribution in [-0.2, 0) is 9.53 Å². The largest absolute Gasteiger partial charge is 0.465 e. The van der Waals surface area contributed by atoms with Crippen LogP contribution < -0.4 is 0 Å². The fraction of sp³-hybridized carbons (Fsp3) is 0.636. The standard InChI is InChI=1S/C22H34O3/c1-9-25-21(24)18(12-15(3)13-22(6,7)8)20(23)19-16(4)10-14(2)11-17(19)5/h10-11,15,18H,9,12-13H2,1-8H3. The monoisotopic (exact) mass is 346 g/mol. The minimum atomic E-state index is -0.725. The number of hydrogen-bond acceptors (Lipinski definition) is 3. The summed E-state index contributed by atoms with van der Waals surface area (Å²) in [7, 11) is 0. The predicted molar refractivity (Wildman–Crippen MR) is 103 cm³/mol. The van der Waals surface area contributed by atoms with Crippen molar-refractivity contribution in [2.45, 2.75) is 68.2 Å². The summed E-state index contributed by atoms with van der Waals surface area (Å²) in [6, 6.07) is 4.00. The number of Topliss-reactive ketones (excluding diaryl/α,β-unsaturated/α-hetero) is 1. The zero-order valence-corrected chi connectivity index (χ0v) is 17.2. The highest BCUT2D eigenvalue weighted by Gasteiger charge is 2.33. The highest BCUT2D eigenvalue weighted by atomic mass is 16.5. The molecule has 2 unspecified atom stereocenters. The molecule has 1 aromatic rings. The van der Waals surface area contributed by atoms with E-state index in [1.807, 2.05) is 32.9 Å². The number of ketones is 1. The first-order chi connectivity index (χ1) is 11.5. The topological polar surface area (TPSA) is 43.4 Å². The fourth-order valence-electron chi connectivity index (χ4n) is 3.83. The molecule has 25 heavy (non-hydrogen) atoms. The maximum absolute atomic E-state index is 13.2. The van der Waals surface area contributed by atoms with E-state index in [2.05, 4.69) is 27.7 Å². The third-order valence-corrected chi connectivity index (χ3v) is 4.41. The molecule has 0 bridgehead atoms. The van der Waals surface area contributed by atoms with E-state index in [0.717, 1.165) is 23.1 Å². The number of aryl methyl sites for hydroxylation is 3. The van der Waals surface area contributed by atoms with Crippen molar-refractivity contribution in [3.8, 4) is 0 Å². The Morgan fingerprint density at radius 1 is 1.08 bits per heavy atom. The summed E-state index contributed by atoms with van der Waals surface area (Å²) in [5.41, 5.74) is 3.82. The van der Waals surface area contributed by atoms with E-state index >= 15 is 0 Å². The van der Waals surface area contributed by atoms with Crippen molar-refractivity contribution in [3.63, 3.8) is 0 Å². The lowest BCUT2D eigenvalue weighted by atomic mass is 9.79. The SMILES string of the molecule is CCOC(=O)C(CC(C)CC(C)(C)C)C(=O)c1c(C)cc(C)cc1C. The summed E-state index contributed by atoms with van der Waals surface area (Å²) < 4.78 is 5.22. The number of esters is 1. The fourth-order valence-corrected chi connectivity index (χ4v) is 3.83. The van der Waals surface area contributed by atoms with Gasteiger partial charge in [0.15, 0.2) is 5.78 Å². The Labute approximate surface area is 153 Å². The highest BCUT2D eigenvalue weighted by molar-refractivity contribution is 6.10. The zero-order chi connectivity index (χ0) is 19.4. The second-order valence-corrected chi connectivity index (χ2v) is 8.55. The molecule has 0 N–H and O–H groups in total. The molecule has 0 saturated heterocycles. The summed E-state index contributed by atoms with van der Waals surface area (Å²) in [4.78, 5) is 25.7. The van der Waals surface area contributed by atoms with Gasteiger partial charge in [0.2, 0.25) is 0 Å². The van der Waals surface area contributed by atoms with Crippen LogP contribution in [0.5, 0.6) is 0 Å². The minimum Gasteiger partial charge on any atom is -0.465 e. The third kappa shape index (κ3) is 6.30. The van der Waals surface area contributed by atoms with E-state index in [0.29, 0.717) is 18.6 Å². The average molecular weight is 347 g/mol. The Morgan fingerprint density at radius 2 is 1.60 bits per heavy atom. The normalized spacial score (nSPS) is 14.1. The lowest BCUT2D eigenvalue weighted by molar-refractivity contribution is -0.146. The number of benzene rings is 1. The molecule has 0 aliphatic heterocycles. The molecule has 0 amide bonds. The average Bonchev–Trinajstić information content (AvgIpc) is 2.41. The van der Waals surface area contributed by atoms with Gasteiger partial charge in [-0.15, -0.1) is 0 Å². The number of carbonyl (C=O) groups excluding carboxylic acids is 2.